The van der Waals surface area contributed by atoms with Gasteiger partial charge in [-0.3, -0.25) is 9.79 Å². The zero-order valence-electron chi connectivity index (χ0n) is 8.07. The first-order valence-corrected chi connectivity index (χ1v) is 7.07. The minimum Gasteiger partial charge on any atom is -0.281 e. The fourth-order valence-electron chi connectivity index (χ4n) is 1.17. The minimum atomic E-state index is -0.0881. The fourth-order valence-corrected chi connectivity index (χ4v) is 3.57. The zero-order valence-corrected chi connectivity index (χ0v) is 11.2. The number of benzene rings is 1. The Morgan fingerprint density at radius 1 is 1.44 bits per heavy atom. The van der Waals surface area contributed by atoms with Crippen LogP contribution in [0, 0.1) is 0 Å². The molecule has 0 N–H and O–H groups in total. The van der Waals surface area contributed by atoms with Gasteiger partial charge in [0.1, 0.15) is 4.38 Å². The Kier molecular flexibility index (Phi) is 4.19. The highest BCUT2D eigenvalue weighted by atomic mass is 35.5. The molecule has 1 aromatic carbocycles. The molecule has 2 nitrogen and oxygen atoms in total. The normalized spacial score (nSPS) is 15.0. The number of halogens is 2. The molecule has 0 fully saturated rings. The van der Waals surface area contributed by atoms with Gasteiger partial charge in [-0.1, -0.05) is 35.0 Å². The van der Waals surface area contributed by atoms with Gasteiger partial charge in [-0.2, -0.15) is 0 Å². The van der Waals surface area contributed by atoms with Gasteiger partial charge in [0.05, 0.1) is 11.6 Å². The average Bonchev–Trinajstić information content (AvgIpc) is 2.70. The Bertz CT molecular complexity index is 462. The van der Waals surface area contributed by atoms with Crippen molar-refractivity contribution in [2.75, 3.05) is 12.3 Å². The van der Waals surface area contributed by atoms with E-state index >= 15 is 0 Å². The van der Waals surface area contributed by atoms with Crippen molar-refractivity contribution < 1.29 is 4.79 Å². The van der Waals surface area contributed by atoms with Gasteiger partial charge in [-0.05, 0) is 30.0 Å². The van der Waals surface area contributed by atoms with Crippen molar-refractivity contribution in [3.8, 4) is 0 Å². The molecule has 0 radical (unpaired) electrons. The molecule has 1 heterocycles. The maximum absolute atomic E-state index is 11.9. The molecule has 0 spiro atoms. The van der Waals surface area contributed by atoms with Crippen LogP contribution in [0.2, 0.25) is 10.0 Å². The van der Waals surface area contributed by atoms with Crippen molar-refractivity contribution >= 4 is 56.2 Å². The molecule has 0 saturated carbocycles. The SMILES string of the molecule is O=C(SC1=NCCS1)c1ccc(Cl)cc1Cl. The maximum atomic E-state index is 11.9. The van der Waals surface area contributed by atoms with Crippen molar-refractivity contribution in [2.45, 2.75) is 0 Å². The number of rotatable bonds is 1. The van der Waals surface area contributed by atoms with E-state index in [0.29, 0.717) is 15.6 Å². The van der Waals surface area contributed by atoms with Crippen LogP contribution in [0.5, 0.6) is 0 Å². The predicted molar refractivity (Wildman–Crippen MR) is 73.1 cm³/mol. The predicted octanol–water partition coefficient (Wildman–Crippen LogP) is 3.97. The van der Waals surface area contributed by atoms with E-state index in [4.69, 9.17) is 23.2 Å². The Balaban J connectivity index is 2.14. The quantitative estimate of drug-likeness (QED) is 0.784. The first kappa shape index (κ1) is 12.3. The highest BCUT2D eigenvalue weighted by Crippen LogP contribution is 2.29. The molecule has 0 aliphatic carbocycles. The topological polar surface area (TPSA) is 29.4 Å². The number of thioether (sulfide) groups is 2. The van der Waals surface area contributed by atoms with Crippen LogP contribution < -0.4 is 0 Å². The van der Waals surface area contributed by atoms with E-state index in [2.05, 4.69) is 4.99 Å². The third kappa shape index (κ3) is 2.94. The molecule has 0 atom stereocenters. The molecule has 0 bridgehead atoms. The second-order valence-electron chi connectivity index (χ2n) is 3.01. The summed E-state index contributed by atoms with van der Waals surface area (Å²) in [6, 6.07) is 4.87. The first-order chi connectivity index (χ1) is 7.66. The van der Waals surface area contributed by atoms with Crippen LogP contribution in [0.4, 0.5) is 0 Å². The molecule has 84 valence electrons. The molecule has 16 heavy (non-hydrogen) atoms. The van der Waals surface area contributed by atoms with Crippen LogP contribution in [-0.2, 0) is 0 Å². The molecule has 0 aromatic heterocycles. The number of carbonyl (C=O) groups excluding carboxylic acids is 1. The molecule has 1 aliphatic rings. The second kappa shape index (κ2) is 5.45. The van der Waals surface area contributed by atoms with Gasteiger partial charge in [-0.15, -0.1) is 0 Å². The van der Waals surface area contributed by atoms with Crippen LogP contribution in [0.1, 0.15) is 10.4 Å². The highest BCUT2D eigenvalue weighted by Gasteiger charge is 2.17. The molecular weight excluding hydrogens is 285 g/mol. The number of hydrogen-bond acceptors (Lipinski definition) is 4. The van der Waals surface area contributed by atoms with Gasteiger partial charge in [0, 0.05) is 16.3 Å². The number of carbonyl (C=O) groups is 1. The van der Waals surface area contributed by atoms with Crippen LogP contribution >= 0.6 is 46.7 Å². The average molecular weight is 292 g/mol. The van der Waals surface area contributed by atoms with Crippen molar-refractivity contribution in [3.63, 3.8) is 0 Å². The van der Waals surface area contributed by atoms with Crippen molar-refractivity contribution in [3.05, 3.63) is 33.8 Å². The molecule has 0 unspecified atom stereocenters. The van der Waals surface area contributed by atoms with E-state index in [1.165, 1.54) is 0 Å². The van der Waals surface area contributed by atoms with Crippen LogP contribution in [-0.4, -0.2) is 21.8 Å². The highest BCUT2D eigenvalue weighted by molar-refractivity contribution is 8.45. The summed E-state index contributed by atoms with van der Waals surface area (Å²) in [4.78, 5) is 16.1. The summed E-state index contributed by atoms with van der Waals surface area (Å²) in [6.45, 7) is 0.786. The monoisotopic (exact) mass is 291 g/mol. The van der Waals surface area contributed by atoms with Crippen LogP contribution in [0.15, 0.2) is 23.2 Å². The molecule has 0 amide bonds. The maximum Gasteiger partial charge on any atom is 0.227 e. The Hall–Kier alpha value is -0.160. The standard InChI is InChI=1S/C10H7Cl2NOS2/c11-6-1-2-7(8(12)5-6)9(14)16-10-13-3-4-15-10/h1-2,5H,3-4H2. The van der Waals surface area contributed by atoms with E-state index in [-0.39, 0.29) is 5.12 Å². The minimum absolute atomic E-state index is 0.0881. The van der Waals surface area contributed by atoms with E-state index in [1.807, 2.05) is 0 Å². The number of nitrogens with zero attached hydrogens (tertiary/aromatic N) is 1. The molecule has 2 rings (SSSR count). The van der Waals surface area contributed by atoms with Crippen LogP contribution in [0.25, 0.3) is 0 Å². The lowest BCUT2D eigenvalue weighted by Gasteiger charge is -2.02. The lowest BCUT2D eigenvalue weighted by atomic mass is 10.2. The summed E-state index contributed by atoms with van der Waals surface area (Å²) < 4.78 is 0.816. The van der Waals surface area contributed by atoms with Crippen molar-refractivity contribution in [2.24, 2.45) is 4.99 Å². The van der Waals surface area contributed by atoms with Gasteiger partial charge in [0.15, 0.2) is 0 Å². The lowest BCUT2D eigenvalue weighted by Crippen LogP contribution is -1.97. The van der Waals surface area contributed by atoms with Crippen LogP contribution in [0.3, 0.4) is 0 Å². The van der Waals surface area contributed by atoms with Gasteiger partial charge in [0.2, 0.25) is 5.12 Å². The largest absolute Gasteiger partial charge is 0.281 e. The molecule has 6 heteroatoms. The molecule has 0 saturated heterocycles. The van der Waals surface area contributed by atoms with E-state index < -0.39 is 0 Å². The van der Waals surface area contributed by atoms with E-state index in [1.54, 1.807) is 30.0 Å². The smallest absolute Gasteiger partial charge is 0.227 e. The summed E-state index contributed by atoms with van der Waals surface area (Å²) >= 11 is 14.4. The zero-order chi connectivity index (χ0) is 11.5. The Morgan fingerprint density at radius 3 is 2.88 bits per heavy atom. The fraction of sp³-hybridized carbons (Fsp3) is 0.200. The Morgan fingerprint density at radius 2 is 2.25 bits per heavy atom. The van der Waals surface area contributed by atoms with Crippen molar-refractivity contribution in [1.82, 2.24) is 0 Å². The molecular formula is C10H7Cl2NOS2. The van der Waals surface area contributed by atoms with Gasteiger partial charge >= 0.3 is 0 Å². The number of hydrogen-bond donors (Lipinski definition) is 0. The van der Waals surface area contributed by atoms with Gasteiger partial charge in [-0.25, -0.2) is 0 Å². The van der Waals surface area contributed by atoms with Gasteiger partial charge < -0.3 is 0 Å². The summed E-state index contributed by atoms with van der Waals surface area (Å²) in [6.07, 6.45) is 0. The summed E-state index contributed by atoms with van der Waals surface area (Å²) in [5, 5.41) is 0.822. The van der Waals surface area contributed by atoms with Gasteiger partial charge in [0.25, 0.3) is 0 Å². The van der Waals surface area contributed by atoms with E-state index in [9.17, 15) is 4.79 Å². The van der Waals surface area contributed by atoms with E-state index in [0.717, 1.165) is 28.4 Å². The Labute approximate surface area is 112 Å². The summed E-state index contributed by atoms with van der Waals surface area (Å²) in [5.41, 5.74) is 0.478. The third-order valence-electron chi connectivity index (χ3n) is 1.89. The molecule has 1 aromatic rings. The third-order valence-corrected chi connectivity index (χ3v) is 4.51. The number of aliphatic imine (C=N–C) groups is 1. The summed E-state index contributed by atoms with van der Waals surface area (Å²) in [7, 11) is 0. The van der Waals surface area contributed by atoms with Crippen molar-refractivity contribution in [1.29, 1.82) is 0 Å². The summed E-state index contributed by atoms with van der Waals surface area (Å²) in [5.74, 6) is 0.948. The lowest BCUT2D eigenvalue weighted by molar-refractivity contribution is 0.109. The second-order valence-corrected chi connectivity index (χ2v) is 6.16. The first-order valence-electron chi connectivity index (χ1n) is 4.51. The molecule has 1 aliphatic heterocycles.